The third-order valence-corrected chi connectivity index (χ3v) is 3.17. The minimum absolute atomic E-state index is 0.324. The van der Waals surface area contributed by atoms with E-state index < -0.39 is 5.91 Å². The van der Waals surface area contributed by atoms with Crippen LogP contribution in [-0.2, 0) is 6.54 Å². The van der Waals surface area contributed by atoms with Crippen LogP contribution in [0, 0.1) is 5.82 Å². The number of halogens is 1. The molecule has 0 bridgehead atoms. The number of likely N-dealkylation sites (N-methyl/N-ethyl adjacent to an activating group) is 1. The normalized spacial score (nSPS) is 11.3. The SMILES string of the molecule is CC(C)N(C)CCNCc1cc(C(N)=O)ccc1F. The summed E-state index contributed by atoms with van der Waals surface area (Å²) in [6.07, 6.45) is 0. The predicted molar refractivity (Wildman–Crippen MR) is 74.4 cm³/mol. The summed E-state index contributed by atoms with van der Waals surface area (Å²) in [4.78, 5) is 13.2. The van der Waals surface area contributed by atoms with Crippen molar-refractivity contribution >= 4 is 5.91 Å². The fourth-order valence-corrected chi connectivity index (χ4v) is 1.60. The molecule has 0 radical (unpaired) electrons. The number of amides is 1. The molecule has 0 aromatic heterocycles. The molecule has 0 heterocycles. The molecule has 1 aromatic rings. The van der Waals surface area contributed by atoms with Crippen LogP contribution in [-0.4, -0.2) is 37.0 Å². The second-order valence-corrected chi connectivity index (χ2v) is 4.92. The van der Waals surface area contributed by atoms with E-state index in [1.807, 2.05) is 7.05 Å². The molecule has 0 saturated carbocycles. The third kappa shape index (κ3) is 4.96. The zero-order valence-corrected chi connectivity index (χ0v) is 11.7. The van der Waals surface area contributed by atoms with Gasteiger partial charge in [0.15, 0.2) is 0 Å². The smallest absolute Gasteiger partial charge is 0.248 e. The van der Waals surface area contributed by atoms with Gasteiger partial charge in [0.25, 0.3) is 0 Å². The summed E-state index contributed by atoms with van der Waals surface area (Å²) >= 11 is 0. The molecule has 106 valence electrons. The summed E-state index contributed by atoms with van der Waals surface area (Å²) in [6.45, 7) is 6.27. The zero-order valence-electron chi connectivity index (χ0n) is 11.7. The average Bonchev–Trinajstić information content (AvgIpc) is 2.35. The molecule has 3 N–H and O–H groups in total. The largest absolute Gasteiger partial charge is 0.366 e. The Morgan fingerprint density at radius 2 is 2.16 bits per heavy atom. The van der Waals surface area contributed by atoms with Gasteiger partial charge >= 0.3 is 0 Å². The Morgan fingerprint density at radius 1 is 1.47 bits per heavy atom. The van der Waals surface area contributed by atoms with Crippen LogP contribution in [0.2, 0.25) is 0 Å². The van der Waals surface area contributed by atoms with E-state index in [2.05, 4.69) is 24.1 Å². The Kier molecular flexibility index (Phi) is 5.92. The molecule has 5 heteroatoms. The molecule has 0 aliphatic rings. The summed E-state index contributed by atoms with van der Waals surface area (Å²) in [5, 5.41) is 3.16. The quantitative estimate of drug-likeness (QED) is 0.733. The molecular weight excluding hydrogens is 245 g/mol. The number of rotatable bonds is 7. The van der Waals surface area contributed by atoms with E-state index in [0.29, 0.717) is 23.7 Å². The molecule has 1 rings (SSSR count). The first-order valence-electron chi connectivity index (χ1n) is 6.41. The molecule has 0 atom stereocenters. The molecular formula is C14H22FN3O. The van der Waals surface area contributed by atoms with Crippen LogP contribution in [0.4, 0.5) is 4.39 Å². The first-order chi connectivity index (χ1) is 8.91. The Hall–Kier alpha value is -1.46. The van der Waals surface area contributed by atoms with Crippen LogP contribution in [0.15, 0.2) is 18.2 Å². The van der Waals surface area contributed by atoms with Crippen molar-refractivity contribution in [2.45, 2.75) is 26.4 Å². The number of nitrogens with one attached hydrogen (secondary N) is 1. The van der Waals surface area contributed by atoms with E-state index in [-0.39, 0.29) is 5.82 Å². The minimum Gasteiger partial charge on any atom is -0.366 e. The summed E-state index contributed by atoms with van der Waals surface area (Å²) in [5.74, 6) is -0.865. The summed E-state index contributed by atoms with van der Waals surface area (Å²) in [5.41, 5.74) is 5.96. The van der Waals surface area contributed by atoms with Gasteiger partial charge in [-0.25, -0.2) is 4.39 Å². The highest BCUT2D eigenvalue weighted by Crippen LogP contribution is 2.10. The predicted octanol–water partition coefficient (Wildman–Crippen LogP) is 1.35. The van der Waals surface area contributed by atoms with E-state index in [0.717, 1.165) is 13.1 Å². The van der Waals surface area contributed by atoms with E-state index in [1.165, 1.54) is 18.2 Å². The summed E-state index contributed by atoms with van der Waals surface area (Å²) in [6, 6.07) is 4.65. The number of nitrogens with zero attached hydrogens (tertiary/aromatic N) is 1. The number of nitrogens with two attached hydrogens (primary N) is 1. The highest BCUT2D eigenvalue weighted by atomic mass is 19.1. The monoisotopic (exact) mass is 267 g/mol. The Labute approximate surface area is 113 Å². The standard InChI is InChI=1S/C14H22FN3O/c1-10(2)18(3)7-6-17-9-12-8-11(14(16)19)4-5-13(12)15/h4-5,8,10,17H,6-7,9H2,1-3H3,(H2,16,19). The van der Waals surface area contributed by atoms with Gasteiger partial charge in [-0.1, -0.05) is 0 Å². The molecule has 0 aliphatic heterocycles. The number of primary amides is 1. The summed E-state index contributed by atoms with van der Waals surface area (Å²) in [7, 11) is 2.04. The van der Waals surface area contributed by atoms with Gasteiger partial charge in [0.2, 0.25) is 5.91 Å². The zero-order chi connectivity index (χ0) is 14.4. The lowest BCUT2D eigenvalue weighted by atomic mass is 10.1. The number of benzene rings is 1. The second-order valence-electron chi connectivity index (χ2n) is 4.92. The van der Waals surface area contributed by atoms with Crippen molar-refractivity contribution in [2.75, 3.05) is 20.1 Å². The van der Waals surface area contributed by atoms with Gasteiger partial charge < -0.3 is 16.0 Å². The summed E-state index contributed by atoms with van der Waals surface area (Å²) < 4.78 is 13.5. The van der Waals surface area contributed by atoms with Crippen molar-refractivity contribution in [3.8, 4) is 0 Å². The highest BCUT2D eigenvalue weighted by Gasteiger charge is 2.07. The molecule has 0 fully saturated rings. The van der Waals surface area contributed by atoms with Gasteiger partial charge in [0.05, 0.1) is 0 Å². The molecule has 0 aliphatic carbocycles. The fraction of sp³-hybridized carbons (Fsp3) is 0.500. The van der Waals surface area contributed by atoms with Crippen LogP contribution in [0.5, 0.6) is 0 Å². The van der Waals surface area contributed by atoms with Gasteiger partial charge in [-0.15, -0.1) is 0 Å². The van der Waals surface area contributed by atoms with Crippen molar-refractivity contribution < 1.29 is 9.18 Å². The third-order valence-electron chi connectivity index (χ3n) is 3.17. The van der Waals surface area contributed by atoms with E-state index in [4.69, 9.17) is 5.73 Å². The number of hydrogen-bond acceptors (Lipinski definition) is 3. The molecule has 0 unspecified atom stereocenters. The Balaban J connectivity index is 2.49. The van der Waals surface area contributed by atoms with E-state index in [9.17, 15) is 9.18 Å². The average molecular weight is 267 g/mol. The minimum atomic E-state index is -0.541. The maximum Gasteiger partial charge on any atom is 0.248 e. The first-order valence-corrected chi connectivity index (χ1v) is 6.41. The van der Waals surface area contributed by atoms with Crippen LogP contribution < -0.4 is 11.1 Å². The van der Waals surface area contributed by atoms with Crippen molar-refractivity contribution in [2.24, 2.45) is 5.73 Å². The maximum absolute atomic E-state index is 13.5. The highest BCUT2D eigenvalue weighted by molar-refractivity contribution is 5.92. The molecule has 1 amide bonds. The lowest BCUT2D eigenvalue weighted by molar-refractivity contribution is 0.1000. The van der Waals surface area contributed by atoms with Crippen LogP contribution in [0.25, 0.3) is 0 Å². The molecule has 0 spiro atoms. The van der Waals surface area contributed by atoms with E-state index >= 15 is 0 Å². The Bertz CT molecular complexity index is 435. The first kappa shape index (κ1) is 15.6. The molecule has 19 heavy (non-hydrogen) atoms. The lowest BCUT2D eigenvalue weighted by Crippen LogP contribution is -2.33. The van der Waals surface area contributed by atoms with Gasteiger partial charge in [0, 0.05) is 36.8 Å². The number of carbonyl (C=O) groups excluding carboxylic acids is 1. The van der Waals surface area contributed by atoms with Crippen molar-refractivity contribution in [1.82, 2.24) is 10.2 Å². The van der Waals surface area contributed by atoms with Crippen LogP contribution in [0.1, 0.15) is 29.8 Å². The van der Waals surface area contributed by atoms with Crippen molar-refractivity contribution in [3.63, 3.8) is 0 Å². The van der Waals surface area contributed by atoms with Gasteiger partial charge in [-0.05, 0) is 39.1 Å². The number of carbonyl (C=O) groups is 1. The van der Waals surface area contributed by atoms with Crippen LogP contribution >= 0.6 is 0 Å². The number of hydrogen-bond donors (Lipinski definition) is 2. The van der Waals surface area contributed by atoms with Gasteiger partial charge in [-0.3, -0.25) is 4.79 Å². The van der Waals surface area contributed by atoms with Gasteiger partial charge in [-0.2, -0.15) is 0 Å². The Morgan fingerprint density at radius 3 is 2.74 bits per heavy atom. The second kappa shape index (κ2) is 7.21. The molecule has 4 nitrogen and oxygen atoms in total. The lowest BCUT2D eigenvalue weighted by Gasteiger charge is -2.21. The van der Waals surface area contributed by atoms with Crippen molar-refractivity contribution in [1.29, 1.82) is 0 Å². The maximum atomic E-state index is 13.5. The van der Waals surface area contributed by atoms with Crippen LogP contribution in [0.3, 0.4) is 0 Å². The topological polar surface area (TPSA) is 58.4 Å². The van der Waals surface area contributed by atoms with Gasteiger partial charge in [0.1, 0.15) is 5.82 Å². The molecule has 0 saturated heterocycles. The van der Waals surface area contributed by atoms with E-state index in [1.54, 1.807) is 0 Å². The molecule has 1 aromatic carbocycles. The van der Waals surface area contributed by atoms with Crippen molar-refractivity contribution in [3.05, 3.63) is 35.1 Å². The fourth-order valence-electron chi connectivity index (χ4n) is 1.60.